The molecule has 2 aromatic carbocycles. The Hall–Kier alpha value is -3.81. The van der Waals surface area contributed by atoms with Crippen molar-refractivity contribution in [3.8, 4) is 0 Å². The number of nitro benzene ring substituents is 1. The van der Waals surface area contributed by atoms with E-state index in [-0.39, 0.29) is 18.1 Å². The van der Waals surface area contributed by atoms with Gasteiger partial charge in [0.15, 0.2) is 0 Å². The lowest BCUT2D eigenvalue weighted by Gasteiger charge is -2.37. The van der Waals surface area contributed by atoms with Gasteiger partial charge in [0.1, 0.15) is 17.6 Å². The van der Waals surface area contributed by atoms with Crippen molar-refractivity contribution in [2.75, 3.05) is 17.7 Å². The first-order valence-corrected chi connectivity index (χ1v) is 8.73. The van der Waals surface area contributed by atoms with E-state index in [4.69, 9.17) is 4.42 Å². The molecule has 0 saturated heterocycles. The molecule has 8 heteroatoms. The second-order valence-electron chi connectivity index (χ2n) is 6.39. The second kappa shape index (κ2) is 7.07. The third kappa shape index (κ3) is 3.05. The number of para-hydroxylation sites is 1. The number of carbonyl (C=O) groups excluding carboxylic acids is 1. The highest BCUT2D eigenvalue weighted by Gasteiger charge is 2.34. The van der Waals surface area contributed by atoms with Crippen LogP contribution in [-0.4, -0.2) is 22.8 Å². The van der Waals surface area contributed by atoms with Crippen molar-refractivity contribution in [3.63, 3.8) is 0 Å². The second-order valence-corrected chi connectivity index (χ2v) is 6.39. The zero-order chi connectivity index (χ0) is 19.7. The van der Waals surface area contributed by atoms with Gasteiger partial charge in [0.2, 0.25) is 0 Å². The first-order valence-electron chi connectivity index (χ1n) is 8.73. The number of anilines is 2. The fourth-order valence-electron chi connectivity index (χ4n) is 3.37. The molecule has 0 bridgehead atoms. The largest absolute Gasteiger partial charge is 0.467 e. The van der Waals surface area contributed by atoms with Gasteiger partial charge in [-0.15, -0.1) is 0 Å². The van der Waals surface area contributed by atoms with E-state index in [1.54, 1.807) is 54.6 Å². The van der Waals surface area contributed by atoms with Gasteiger partial charge in [-0.05, 0) is 30.3 Å². The van der Waals surface area contributed by atoms with E-state index >= 15 is 0 Å². The van der Waals surface area contributed by atoms with E-state index in [1.165, 1.54) is 6.07 Å². The molecule has 8 nitrogen and oxygen atoms in total. The molecule has 1 aliphatic heterocycles. The first kappa shape index (κ1) is 17.6. The number of rotatable bonds is 5. The standard InChI is InChI=1S/C20H18N4O4/c1-21-17-9-8-13(11-18(17)24(26)27)19-22-16-7-3-2-6-15(16)20(25)23(19)12-14-5-4-10-28-14/h2-11,19,21-22H,12H2,1H3/t19-/m0/s1. The van der Waals surface area contributed by atoms with Crippen LogP contribution in [0.25, 0.3) is 0 Å². The molecule has 1 aromatic heterocycles. The molecule has 0 saturated carbocycles. The minimum Gasteiger partial charge on any atom is -0.467 e. The van der Waals surface area contributed by atoms with Crippen LogP contribution >= 0.6 is 0 Å². The van der Waals surface area contributed by atoms with Crippen molar-refractivity contribution >= 4 is 23.0 Å². The van der Waals surface area contributed by atoms with Gasteiger partial charge >= 0.3 is 0 Å². The van der Waals surface area contributed by atoms with Gasteiger partial charge in [-0.2, -0.15) is 0 Å². The minimum atomic E-state index is -0.572. The highest BCUT2D eigenvalue weighted by molar-refractivity contribution is 6.01. The highest BCUT2D eigenvalue weighted by Crippen LogP contribution is 2.36. The maximum atomic E-state index is 13.2. The van der Waals surface area contributed by atoms with Crippen LogP contribution in [0.5, 0.6) is 0 Å². The Morgan fingerprint density at radius 2 is 2.04 bits per heavy atom. The van der Waals surface area contributed by atoms with Gasteiger partial charge < -0.3 is 20.0 Å². The summed E-state index contributed by atoms with van der Waals surface area (Å²) in [7, 11) is 1.63. The molecular formula is C20H18N4O4. The zero-order valence-corrected chi connectivity index (χ0v) is 15.1. The molecule has 0 radical (unpaired) electrons. The minimum absolute atomic E-state index is 0.0499. The lowest BCUT2D eigenvalue weighted by atomic mass is 10.0. The summed E-state index contributed by atoms with van der Waals surface area (Å²) in [5.41, 5.74) is 2.21. The van der Waals surface area contributed by atoms with E-state index < -0.39 is 11.1 Å². The molecule has 1 atom stereocenters. The monoisotopic (exact) mass is 378 g/mol. The number of hydrogen-bond donors (Lipinski definition) is 2. The van der Waals surface area contributed by atoms with Crippen LogP contribution in [0.2, 0.25) is 0 Å². The summed E-state index contributed by atoms with van der Waals surface area (Å²) in [4.78, 5) is 25.8. The predicted octanol–water partition coefficient (Wildman–Crippen LogP) is 4.00. The summed E-state index contributed by atoms with van der Waals surface area (Å²) in [6.07, 6.45) is 0.976. The van der Waals surface area contributed by atoms with E-state index in [1.807, 2.05) is 12.1 Å². The van der Waals surface area contributed by atoms with E-state index in [0.717, 1.165) is 0 Å². The lowest BCUT2D eigenvalue weighted by molar-refractivity contribution is -0.384. The van der Waals surface area contributed by atoms with E-state index in [9.17, 15) is 14.9 Å². The van der Waals surface area contributed by atoms with Gasteiger partial charge in [-0.3, -0.25) is 14.9 Å². The summed E-state index contributed by atoms with van der Waals surface area (Å²) >= 11 is 0. The predicted molar refractivity (Wildman–Crippen MR) is 104 cm³/mol. The highest BCUT2D eigenvalue weighted by atomic mass is 16.6. The van der Waals surface area contributed by atoms with Crippen molar-refractivity contribution in [1.29, 1.82) is 0 Å². The first-order chi connectivity index (χ1) is 13.6. The van der Waals surface area contributed by atoms with Crippen molar-refractivity contribution in [1.82, 2.24) is 4.90 Å². The van der Waals surface area contributed by atoms with Gasteiger partial charge in [0.25, 0.3) is 11.6 Å². The average Bonchev–Trinajstić information content (AvgIpc) is 3.22. The van der Waals surface area contributed by atoms with Crippen molar-refractivity contribution in [2.45, 2.75) is 12.7 Å². The Morgan fingerprint density at radius 3 is 2.75 bits per heavy atom. The Morgan fingerprint density at radius 1 is 1.21 bits per heavy atom. The van der Waals surface area contributed by atoms with Crippen LogP contribution in [0.3, 0.4) is 0 Å². The molecule has 142 valence electrons. The average molecular weight is 378 g/mol. The molecule has 0 fully saturated rings. The third-order valence-electron chi connectivity index (χ3n) is 4.73. The van der Waals surface area contributed by atoms with Crippen LogP contribution in [0, 0.1) is 10.1 Å². The smallest absolute Gasteiger partial charge is 0.292 e. The molecular weight excluding hydrogens is 360 g/mol. The Balaban J connectivity index is 1.79. The lowest BCUT2D eigenvalue weighted by Crippen LogP contribution is -2.42. The number of hydrogen-bond acceptors (Lipinski definition) is 6. The van der Waals surface area contributed by atoms with Crippen LogP contribution in [0.1, 0.15) is 27.8 Å². The maximum Gasteiger partial charge on any atom is 0.292 e. The van der Waals surface area contributed by atoms with Gasteiger partial charge in [-0.25, -0.2) is 0 Å². The topological polar surface area (TPSA) is 101 Å². The molecule has 3 aromatic rings. The SMILES string of the molecule is CNc1ccc([C@H]2Nc3ccccc3C(=O)N2Cc2ccco2)cc1[N+](=O)[O-]. The zero-order valence-electron chi connectivity index (χ0n) is 15.1. The van der Waals surface area contributed by atoms with Crippen LogP contribution in [0.4, 0.5) is 17.1 Å². The van der Waals surface area contributed by atoms with Crippen LogP contribution < -0.4 is 10.6 Å². The number of furan rings is 1. The van der Waals surface area contributed by atoms with Crippen molar-refractivity contribution in [3.05, 3.63) is 87.9 Å². The number of benzene rings is 2. The molecule has 28 heavy (non-hydrogen) atoms. The van der Waals surface area contributed by atoms with E-state index in [2.05, 4.69) is 10.6 Å². The number of amides is 1. The Bertz CT molecular complexity index is 1030. The number of nitrogens with zero attached hydrogens (tertiary/aromatic N) is 2. The van der Waals surface area contributed by atoms with Gasteiger partial charge in [-0.1, -0.05) is 18.2 Å². The van der Waals surface area contributed by atoms with Gasteiger partial charge in [0.05, 0.1) is 23.3 Å². The summed E-state index contributed by atoms with van der Waals surface area (Å²) < 4.78 is 5.42. The molecule has 4 rings (SSSR count). The van der Waals surface area contributed by atoms with Crippen LogP contribution in [-0.2, 0) is 6.54 Å². The molecule has 0 unspecified atom stereocenters. The molecule has 2 heterocycles. The summed E-state index contributed by atoms with van der Waals surface area (Å²) in [5, 5.41) is 17.6. The quantitative estimate of drug-likeness (QED) is 0.514. The third-order valence-corrected chi connectivity index (χ3v) is 4.73. The molecule has 0 spiro atoms. The summed E-state index contributed by atoms with van der Waals surface area (Å²) in [6, 6.07) is 15.7. The number of nitrogens with one attached hydrogen (secondary N) is 2. The Labute approximate surface area is 160 Å². The Kier molecular flexibility index (Phi) is 4.44. The van der Waals surface area contributed by atoms with Crippen molar-refractivity contribution < 1.29 is 14.1 Å². The fourth-order valence-corrected chi connectivity index (χ4v) is 3.37. The molecule has 0 aliphatic carbocycles. The normalized spacial score (nSPS) is 15.7. The van der Waals surface area contributed by atoms with Crippen LogP contribution in [0.15, 0.2) is 65.3 Å². The number of carbonyl (C=O) groups is 1. The molecule has 1 amide bonds. The number of fused-ring (bicyclic) bond motifs is 1. The van der Waals surface area contributed by atoms with Gasteiger partial charge in [0, 0.05) is 24.4 Å². The summed E-state index contributed by atoms with van der Waals surface area (Å²) in [6.45, 7) is 0.236. The van der Waals surface area contributed by atoms with Crippen molar-refractivity contribution in [2.24, 2.45) is 0 Å². The fraction of sp³-hybridized carbons (Fsp3) is 0.150. The molecule has 2 N–H and O–H groups in total. The summed E-state index contributed by atoms with van der Waals surface area (Å²) in [5.74, 6) is 0.456. The number of nitro groups is 1. The maximum absolute atomic E-state index is 13.2. The van der Waals surface area contributed by atoms with E-state index in [0.29, 0.717) is 28.3 Å². The molecule has 1 aliphatic rings.